The third-order valence-corrected chi connectivity index (χ3v) is 5.67. The van der Waals surface area contributed by atoms with E-state index < -0.39 is 77.4 Å². The molecule has 11 heteroatoms. The van der Waals surface area contributed by atoms with Gasteiger partial charge >= 0.3 is 6.18 Å². The summed E-state index contributed by atoms with van der Waals surface area (Å²) in [5, 5.41) is 12.3. The maximum atomic E-state index is 14.5. The lowest BCUT2D eigenvalue weighted by Gasteiger charge is -2.42. The lowest BCUT2D eigenvalue weighted by atomic mass is 9.75. The average Bonchev–Trinajstić information content (AvgIpc) is 2.68. The van der Waals surface area contributed by atoms with Crippen molar-refractivity contribution >= 4 is 17.5 Å². The lowest BCUT2D eigenvalue weighted by Crippen LogP contribution is -2.50. The molecular formula is C20H17ClF6N2O2. The van der Waals surface area contributed by atoms with Crippen LogP contribution in [0.4, 0.5) is 26.3 Å². The highest BCUT2D eigenvalue weighted by Crippen LogP contribution is 2.45. The summed E-state index contributed by atoms with van der Waals surface area (Å²) in [7, 11) is 0. The summed E-state index contributed by atoms with van der Waals surface area (Å²) in [5.41, 5.74) is -4.25. The van der Waals surface area contributed by atoms with E-state index in [0.29, 0.717) is 6.07 Å². The van der Waals surface area contributed by atoms with Crippen molar-refractivity contribution in [3.8, 4) is 0 Å². The summed E-state index contributed by atoms with van der Waals surface area (Å²) in [6.45, 7) is 0. The minimum atomic E-state index is -4.85. The van der Waals surface area contributed by atoms with Gasteiger partial charge in [-0.25, -0.2) is 18.2 Å². The first-order valence-electron chi connectivity index (χ1n) is 9.21. The molecule has 0 spiro atoms. The first kappa shape index (κ1) is 23.3. The van der Waals surface area contributed by atoms with E-state index in [1.807, 2.05) is 0 Å². The van der Waals surface area contributed by atoms with Gasteiger partial charge < -0.3 is 10.4 Å². The van der Waals surface area contributed by atoms with Gasteiger partial charge in [0.15, 0.2) is 0 Å². The zero-order valence-electron chi connectivity index (χ0n) is 15.8. The van der Waals surface area contributed by atoms with Crippen molar-refractivity contribution in [2.75, 3.05) is 0 Å². The van der Waals surface area contributed by atoms with Crippen LogP contribution in [-0.4, -0.2) is 27.5 Å². The molecule has 0 saturated heterocycles. The van der Waals surface area contributed by atoms with Gasteiger partial charge in [0, 0.05) is 24.6 Å². The minimum absolute atomic E-state index is 0.202. The number of aromatic nitrogens is 1. The minimum Gasteiger partial charge on any atom is -0.387 e. The second-order valence-electron chi connectivity index (χ2n) is 7.41. The quantitative estimate of drug-likeness (QED) is 0.601. The summed E-state index contributed by atoms with van der Waals surface area (Å²) >= 11 is 5.73. The Morgan fingerprint density at radius 2 is 1.74 bits per heavy atom. The van der Waals surface area contributed by atoms with Gasteiger partial charge in [0.1, 0.15) is 11.5 Å². The summed E-state index contributed by atoms with van der Waals surface area (Å²) in [6, 6.07) is 4.11. The Hall–Kier alpha value is -2.33. The number of nitrogens with zero attached hydrogens (tertiary/aromatic N) is 1. The van der Waals surface area contributed by atoms with Gasteiger partial charge in [-0.15, -0.1) is 0 Å². The van der Waals surface area contributed by atoms with Crippen LogP contribution in [-0.2, 0) is 6.18 Å². The van der Waals surface area contributed by atoms with Gasteiger partial charge in [0.25, 0.3) is 5.91 Å². The number of nitrogens with one attached hydrogen (secondary N) is 1. The zero-order chi connectivity index (χ0) is 23.0. The van der Waals surface area contributed by atoms with Crippen LogP contribution >= 0.6 is 11.6 Å². The highest BCUT2D eigenvalue weighted by atomic mass is 35.5. The summed E-state index contributed by atoms with van der Waals surface area (Å²) in [5.74, 6) is -5.07. The Balaban J connectivity index is 1.99. The van der Waals surface area contributed by atoms with Gasteiger partial charge in [-0.2, -0.15) is 13.2 Å². The highest BCUT2D eigenvalue weighted by Gasteiger charge is 2.48. The zero-order valence-corrected chi connectivity index (χ0v) is 16.6. The van der Waals surface area contributed by atoms with Crippen molar-refractivity contribution in [1.82, 2.24) is 10.3 Å². The molecule has 31 heavy (non-hydrogen) atoms. The smallest absolute Gasteiger partial charge is 0.387 e. The molecule has 1 atom stereocenters. The molecule has 1 aliphatic carbocycles. The second-order valence-corrected chi connectivity index (χ2v) is 7.78. The average molecular weight is 467 g/mol. The molecule has 168 valence electrons. The molecule has 0 bridgehead atoms. The molecule has 1 aromatic heterocycles. The Morgan fingerprint density at radius 3 is 2.32 bits per heavy atom. The van der Waals surface area contributed by atoms with E-state index in [-0.39, 0.29) is 5.56 Å². The van der Waals surface area contributed by atoms with Crippen LogP contribution in [0.15, 0.2) is 36.5 Å². The molecule has 2 N–H and O–H groups in total. The molecule has 1 fully saturated rings. The molecule has 0 radical (unpaired) electrons. The Kier molecular flexibility index (Phi) is 6.25. The van der Waals surface area contributed by atoms with Crippen LogP contribution in [0.1, 0.15) is 53.3 Å². The van der Waals surface area contributed by atoms with Gasteiger partial charge in [0.2, 0.25) is 5.92 Å². The van der Waals surface area contributed by atoms with Gasteiger partial charge in [-0.3, -0.25) is 4.79 Å². The third-order valence-electron chi connectivity index (χ3n) is 5.29. The predicted octanol–water partition coefficient (Wildman–Crippen LogP) is 5.30. The van der Waals surface area contributed by atoms with Crippen LogP contribution in [0.2, 0.25) is 5.02 Å². The fourth-order valence-electron chi connectivity index (χ4n) is 3.57. The van der Waals surface area contributed by atoms with E-state index in [9.17, 15) is 36.2 Å². The van der Waals surface area contributed by atoms with E-state index in [2.05, 4.69) is 10.3 Å². The van der Waals surface area contributed by atoms with E-state index in [1.165, 1.54) is 18.2 Å². The standard InChI is InChI=1S/C20H17ClF6N2O2/c21-14-12(20(25,26)27)5-10-28-15(14)17(30)29-16(11-3-1-2-4-13(11)22)18(31)6-8-19(23,24)9-7-18/h1-5,10,16,31H,6-9H2,(H,29,30). The number of hydrogen-bond donors (Lipinski definition) is 2. The van der Waals surface area contributed by atoms with Crippen molar-refractivity contribution in [3.63, 3.8) is 0 Å². The number of rotatable bonds is 4. The fourth-order valence-corrected chi connectivity index (χ4v) is 3.87. The van der Waals surface area contributed by atoms with Gasteiger partial charge in [-0.1, -0.05) is 29.8 Å². The molecule has 1 heterocycles. The van der Waals surface area contributed by atoms with Crippen molar-refractivity contribution in [2.45, 2.75) is 49.4 Å². The van der Waals surface area contributed by atoms with Crippen molar-refractivity contribution in [3.05, 3.63) is 64.2 Å². The molecule has 1 aromatic carbocycles. The van der Waals surface area contributed by atoms with Crippen LogP contribution in [0.25, 0.3) is 0 Å². The number of carbonyl (C=O) groups excluding carboxylic acids is 1. The van der Waals surface area contributed by atoms with Crippen LogP contribution in [0, 0.1) is 5.82 Å². The number of halogens is 7. The largest absolute Gasteiger partial charge is 0.417 e. The number of carbonyl (C=O) groups is 1. The summed E-state index contributed by atoms with van der Waals surface area (Å²) in [6.07, 6.45) is -6.46. The van der Waals surface area contributed by atoms with E-state index in [0.717, 1.165) is 12.3 Å². The lowest BCUT2D eigenvalue weighted by molar-refractivity contribution is -0.137. The summed E-state index contributed by atoms with van der Waals surface area (Å²) < 4.78 is 81.0. The molecule has 4 nitrogen and oxygen atoms in total. The Labute approximate surface area is 178 Å². The Morgan fingerprint density at radius 1 is 1.13 bits per heavy atom. The van der Waals surface area contributed by atoms with Gasteiger partial charge in [0.05, 0.1) is 22.2 Å². The third kappa shape index (κ3) is 4.95. The number of amides is 1. The molecular weight excluding hydrogens is 450 g/mol. The highest BCUT2D eigenvalue weighted by molar-refractivity contribution is 6.34. The van der Waals surface area contributed by atoms with E-state index in [1.54, 1.807) is 0 Å². The molecule has 0 aliphatic heterocycles. The van der Waals surface area contributed by atoms with Crippen molar-refractivity contribution < 1.29 is 36.2 Å². The van der Waals surface area contributed by atoms with Crippen LogP contribution < -0.4 is 5.32 Å². The van der Waals surface area contributed by atoms with Crippen LogP contribution in [0.3, 0.4) is 0 Å². The number of benzene rings is 1. The number of alkyl halides is 5. The normalized spacial score (nSPS) is 19.0. The molecule has 1 unspecified atom stereocenters. The summed E-state index contributed by atoms with van der Waals surface area (Å²) in [4.78, 5) is 16.3. The van der Waals surface area contributed by atoms with Crippen LogP contribution in [0.5, 0.6) is 0 Å². The Bertz CT molecular complexity index is 972. The second kappa shape index (κ2) is 8.31. The monoisotopic (exact) mass is 466 g/mol. The fraction of sp³-hybridized carbons (Fsp3) is 0.400. The van der Waals surface area contributed by atoms with E-state index in [4.69, 9.17) is 11.6 Å². The molecule has 2 aromatic rings. The maximum Gasteiger partial charge on any atom is 0.417 e. The van der Waals surface area contributed by atoms with Crippen molar-refractivity contribution in [1.29, 1.82) is 0 Å². The molecule has 1 aliphatic rings. The molecule has 3 rings (SSSR count). The van der Waals surface area contributed by atoms with Gasteiger partial charge in [-0.05, 0) is 25.0 Å². The predicted molar refractivity (Wildman–Crippen MR) is 99.2 cm³/mol. The number of aliphatic hydroxyl groups is 1. The molecule has 1 amide bonds. The van der Waals surface area contributed by atoms with E-state index >= 15 is 0 Å². The number of pyridine rings is 1. The maximum absolute atomic E-state index is 14.5. The first-order valence-corrected chi connectivity index (χ1v) is 9.59. The topological polar surface area (TPSA) is 62.2 Å². The molecule has 1 saturated carbocycles. The first-order chi connectivity index (χ1) is 14.3. The van der Waals surface area contributed by atoms with Crippen molar-refractivity contribution in [2.24, 2.45) is 0 Å². The number of hydrogen-bond acceptors (Lipinski definition) is 3. The SMILES string of the molecule is O=C(NC(c1ccccc1F)C1(O)CCC(F)(F)CC1)c1nccc(C(F)(F)F)c1Cl.